The van der Waals surface area contributed by atoms with E-state index >= 15 is 0 Å². The molecule has 0 aliphatic carbocycles. The molecule has 0 radical (unpaired) electrons. The van der Waals surface area contributed by atoms with E-state index < -0.39 is 0 Å². The maximum Gasteiger partial charge on any atom is 0.266 e. The molecule has 7 heteroatoms. The minimum Gasteiger partial charge on any atom is -0.375 e. The summed E-state index contributed by atoms with van der Waals surface area (Å²) in [5.74, 6) is -0.555. The van der Waals surface area contributed by atoms with E-state index in [0.717, 1.165) is 28.5 Å². The number of para-hydroxylation sites is 1. The highest BCUT2D eigenvalue weighted by Gasteiger charge is 2.11. The van der Waals surface area contributed by atoms with Crippen molar-refractivity contribution in [1.29, 1.82) is 0 Å². The molecule has 2 amide bonds. The van der Waals surface area contributed by atoms with Crippen LogP contribution in [0, 0.1) is 0 Å². The number of carbonyl (C=O) groups is 2. The first-order chi connectivity index (χ1) is 13.5. The third-order valence-corrected chi connectivity index (χ3v) is 4.44. The summed E-state index contributed by atoms with van der Waals surface area (Å²) < 4.78 is 6.97. The number of benzene rings is 2. The van der Waals surface area contributed by atoms with Crippen LogP contribution < -0.4 is 10.7 Å². The zero-order valence-electron chi connectivity index (χ0n) is 16.3. The van der Waals surface area contributed by atoms with Crippen molar-refractivity contribution in [2.75, 3.05) is 19.0 Å². The summed E-state index contributed by atoms with van der Waals surface area (Å²) in [4.78, 5) is 23.7. The van der Waals surface area contributed by atoms with Gasteiger partial charge in [-0.2, -0.15) is 5.10 Å². The maximum absolute atomic E-state index is 12.3. The van der Waals surface area contributed by atoms with E-state index in [1.54, 1.807) is 6.92 Å². The molecule has 2 aromatic carbocycles. The fourth-order valence-electron chi connectivity index (χ4n) is 3.27. The van der Waals surface area contributed by atoms with Gasteiger partial charge in [-0.05, 0) is 38.1 Å². The van der Waals surface area contributed by atoms with Crippen molar-refractivity contribution in [3.05, 3.63) is 42.5 Å². The lowest BCUT2D eigenvalue weighted by molar-refractivity contribution is -0.124. The van der Waals surface area contributed by atoms with Crippen LogP contribution in [0.15, 0.2) is 47.6 Å². The number of anilines is 1. The van der Waals surface area contributed by atoms with Crippen molar-refractivity contribution in [1.82, 2.24) is 9.99 Å². The summed E-state index contributed by atoms with van der Waals surface area (Å²) in [6.07, 6.45) is 0.0853. The molecule has 1 aromatic heterocycles. The molecule has 28 heavy (non-hydrogen) atoms. The number of carbonyl (C=O) groups excluding carboxylic acids is 2. The van der Waals surface area contributed by atoms with Gasteiger partial charge in [0.05, 0.1) is 6.42 Å². The molecule has 0 bridgehead atoms. The SMILES string of the molecule is CCn1c2ccccc2c2cc(NC(=O)CC(C)=NNC(=O)COC)ccc21. The Morgan fingerprint density at radius 2 is 1.82 bits per heavy atom. The van der Waals surface area contributed by atoms with Gasteiger partial charge in [-0.15, -0.1) is 0 Å². The fraction of sp³-hybridized carbons (Fsp3) is 0.286. The van der Waals surface area contributed by atoms with Gasteiger partial charge < -0.3 is 14.6 Å². The van der Waals surface area contributed by atoms with Crippen molar-refractivity contribution >= 4 is 45.0 Å². The molecule has 0 aliphatic rings. The molecule has 7 nitrogen and oxygen atoms in total. The van der Waals surface area contributed by atoms with E-state index in [1.807, 2.05) is 30.3 Å². The Hall–Kier alpha value is -3.19. The number of amides is 2. The second kappa shape index (κ2) is 8.67. The van der Waals surface area contributed by atoms with Crippen LogP contribution in [0.3, 0.4) is 0 Å². The van der Waals surface area contributed by atoms with E-state index in [-0.39, 0.29) is 24.8 Å². The minimum absolute atomic E-state index is 0.0750. The van der Waals surface area contributed by atoms with Crippen molar-refractivity contribution in [2.45, 2.75) is 26.8 Å². The third-order valence-electron chi connectivity index (χ3n) is 4.44. The standard InChI is InChI=1S/C21H24N4O3/c1-4-25-18-8-6-5-7-16(18)17-12-15(9-10-19(17)25)22-20(26)11-14(2)23-24-21(27)13-28-3/h5-10,12H,4,11,13H2,1-3H3,(H,22,26)(H,24,27). The summed E-state index contributed by atoms with van der Waals surface area (Å²) in [6.45, 7) is 4.61. The van der Waals surface area contributed by atoms with Crippen molar-refractivity contribution in [2.24, 2.45) is 5.10 Å². The largest absolute Gasteiger partial charge is 0.375 e. The Morgan fingerprint density at radius 3 is 2.57 bits per heavy atom. The smallest absolute Gasteiger partial charge is 0.266 e. The summed E-state index contributed by atoms with van der Waals surface area (Å²) in [7, 11) is 1.43. The number of hydrazone groups is 1. The van der Waals surface area contributed by atoms with Crippen molar-refractivity contribution < 1.29 is 14.3 Å². The number of nitrogens with one attached hydrogen (secondary N) is 2. The van der Waals surface area contributed by atoms with Gasteiger partial charge in [-0.3, -0.25) is 9.59 Å². The van der Waals surface area contributed by atoms with Gasteiger partial charge >= 0.3 is 0 Å². The molecule has 2 N–H and O–H groups in total. The average Bonchev–Trinajstić information content (AvgIpc) is 2.99. The van der Waals surface area contributed by atoms with E-state index in [4.69, 9.17) is 4.74 Å². The number of hydrogen-bond donors (Lipinski definition) is 2. The highest BCUT2D eigenvalue weighted by atomic mass is 16.5. The highest BCUT2D eigenvalue weighted by Crippen LogP contribution is 2.30. The van der Waals surface area contributed by atoms with Crippen molar-refractivity contribution in [3.63, 3.8) is 0 Å². The van der Waals surface area contributed by atoms with Crippen molar-refractivity contribution in [3.8, 4) is 0 Å². The molecule has 1 heterocycles. The third kappa shape index (κ3) is 4.20. The van der Waals surface area contributed by atoms with Crippen LogP contribution >= 0.6 is 0 Å². The quantitative estimate of drug-likeness (QED) is 0.487. The fourth-order valence-corrected chi connectivity index (χ4v) is 3.27. The van der Waals surface area contributed by atoms with E-state index in [1.165, 1.54) is 12.6 Å². The molecule has 146 valence electrons. The molecule has 0 spiro atoms. The van der Waals surface area contributed by atoms with Crippen LogP contribution in [-0.4, -0.2) is 35.8 Å². The molecule has 3 rings (SSSR count). The van der Waals surface area contributed by atoms with Crippen LogP contribution in [0.1, 0.15) is 20.3 Å². The van der Waals surface area contributed by atoms with Crippen LogP contribution in [0.4, 0.5) is 5.69 Å². The molecule has 0 fully saturated rings. The van der Waals surface area contributed by atoms with Gasteiger partial charge in [0, 0.05) is 46.9 Å². The van der Waals surface area contributed by atoms with Gasteiger partial charge in [0.1, 0.15) is 6.61 Å². The van der Waals surface area contributed by atoms with Gasteiger partial charge in [0.25, 0.3) is 5.91 Å². The lowest BCUT2D eigenvalue weighted by Gasteiger charge is -2.07. The topological polar surface area (TPSA) is 84.7 Å². The summed E-state index contributed by atoms with van der Waals surface area (Å²) in [5.41, 5.74) is 5.90. The first-order valence-corrected chi connectivity index (χ1v) is 9.15. The Kier molecular flexibility index (Phi) is 6.06. The van der Waals surface area contributed by atoms with E-state index in [9.17, 15) is 9.59 Å². The molecule has 0 atom stereocenters. The number of ether oxygens (including phenoxy) is 1. The van der Waals surface area contributed by atoms with Gasteiger partial charge in [0.2, 0.25) is 5.91 Å². The normalized spacial score (nSPS) is 11.8. The van der Waals surface area contributed by atoms with E-state index in [2.05, 4.69) is 39.5 Å². The molecular weight excluding hydrogens is 356 g/mol. The number of aromatic nitrogens is 1. The molecule has 0 saturated heterocycles. The predicted molar refractivity (Wildman–Crippen MR) is 111 cm³/mol. The number of fused-ring (bicyclic) bond motifs is 3. The Balaban J connectivity index is 1.76. The Labute approximate surface area is 163 Å². The first kappa shape index (κ1) is 19.6. The number of nitrogens with zero attached hydrogens (tertiary/aromatic N) is 2. The zero-order valence-corrected chi connectivity index (χ0v) is 16.3. The number of hydrogen-bond acceptors (Lipinski definition) is 4. The molecule has 0 unspecified atom stereocenters. The van der Waals surface area contributed by atoms with E-state index in [0.29, 0.717) is 5.71 Å². The maximum atomic E-state index is 12.3. The molecule has 0 aliphatic heterocycles. The van der Waals surface area contributed by atoms with Crippen LogP contribution in [0.5, 0.6) is 0 Å². The Morgan fingerprint density at radius 1 is 1.07 bits per heavy atom. The van der Waals surface area contributed by atoms with Crippen LogP contribution in [-0.2, 0) is 20.9 Å². The van der Waals surface area contributed by atoms with Gasteiger partial charge in [-0.1, -0.05) is 18.2 Å². The number of methoxy groups -OCH3 is 1. The Bertz CT molecular complexity index is 1050. The van der Waals surface area contributed by atoms with Gasteiger partial charge in [0.15, 0.2) is 0 Å². The lowest BCUT2D eigenvalue weighted by atomic mass is 10.1. The zero-order chi connectivity index (χ0) is 20.1. The number of aryl methyl sites for hydroxylation is 1. The minimum atomic E-state index is -0.361. The average molecular weight is 380 g/mol. The molecule has 3 aromatic rings. The van der Waals surface area contributed by atoms with Crippen LogP contribution in [0.25, 0.3) is 21.8 Å². The lowest BCUT2D eigenvalue weighted by Crippen LogP contribution is -2.24. The summed E-state index contributed by atoms with van der Waals surface area (Å²) >= 11 is 0. The predicted octanol–water partition coefficient (Wildman–Crippen LogP) is 3.28. The molecular formula is C21H24N4O3. The monoisotopic (exact) mass is 380 g/mol. The summed E-state index contributed by atoms with van der Waals surface area (Å²) in [5, 5.41) is 9.07. The number of rotatable bonds is 7. The van der Waals surface area contributed by atoms with Crippen LogP contribution in [0.2, 0.25) is 0 Å². The summed E-state index contributed by atoms with van der Waals surface area (Å²) in [6, 6.07) is 14.2. The second-order valence-corrected chi connectivity index (χ2v) is 6.53. The van der Waals surface area contributed by atoms with Gasteiger partial charge in [-0.25, -0.2) is 5.43 Å². The first-order valence-electron chi connectivity index (χ1n) is 9.15. The molecule has 0 saturated carbocycles. The highest BCUT2D eigenvalue weighted by molar-refractivity contribution is 6.11. The second-order valence-electron chi connectivity index (χ2n) is 6.53.